The number of hydrogen-bond acceptors (Lipinski definition) is 2. The van der Waals surface area contributed by atoms with Crippen molar-refractivity contribution in [1.29, 1.82) is 0 Å². The summed E-state index contributed by atoms with van der Waals surface area (Å²) < 4.78 is 0. The van der Waals surface area contributed by atoms with Crippen molar-refractivity contribution in [1.82, 2.24) is 4.90 Å². The molecule has 1 saturated heterocycles. The maximum atomic E-state index is 6.78. The van der Waals surface area contributed by atoms with Gasteiger partial charge in [0.15, 0.2) is 0 Å². The van der Waals surface area contributed by atoms with Crippen molar-refractivity contribution in [2.45, 2.75) is 31.8 Å². The van der Waals surface area contributed by atoms with Crippen molar-refractivity contribution in [3.63, 3.8) is 0 Å². The highest BCUT2D eigenvalue weighted by Crippen LogP contribution is 2.31. The van der Waals surface area contributed by atoms with Crippen molar-refractivity contribution in [2.24, 2.45) is 5.73 Å². The Bertz CT molecular complexity index is 594. The normalized spacial score (nSPS) is 23.1. The summed E-state index contributed by atoms with van der Waals surface area (Å²) in [4.78, 5) is 2.49. The van der Waals surface area contributed by atoms with Crippen LogP contribution in [-0.4, -0.2) is 18.0 Å². The molecular formula is C19H24N2. The second kappa shape index (κ2) is 6.00. The smallest absolute Gasteiger partial charge is 0.0541 e. The number of nitrogens with zero attached hydrogens (tertiary/aromatic N) is 1. The molecule has 21 heavy (non-hydrogen) atoms. The zero-order valence-electron chi connectivity index (χ0n) is 12.8. The van der Waals surface area contributed by atoms with Crippen LogP contribution in [-0.2, 0) is 12.1 Å². The van der Waals surface area contributed by atoms with Crippen LogP contribution in [0.4, 0.5) is 0 Å². The maximum Gasteiger partial charge on any atom is 0.0541 e. The predicted octanol–water partition coefficient (Wildman–Crippen LogP) is 3.45. The summed E-state index contributed by atoms with van der Waals surface area (Å²) >= 11 is 0. The Hall–Kier alpha value is -1.64. The van der Waals surface area contributed by atoms with E-state index in [-0.39, 0.29) is 5.54 Å². The third-order valence-corrected chi connectivity index (χ3v) is 4.53. The summed E-state index contributed by atoms with van der Waals surface area (Å²) in [6.07, 6.45) is 2.24. The van der Waals surface area contributed by atoms with Gasteiger partial charge in [-0.1, -0.05) is 54.6 Å². The molecule has 0 saturated carbocycles. The van der Waals surface area contributed by atoms with Gasteiger partial charge < -0.3 is 5.73 Å². The fraction of sp³-hybridized carbons (Fsp3) is 0.368. The molecule has 2 aromatic carbocycles. The molecule has 1 atom stereocenters. The number of likely N-dealkylation sites (tertiary alicyclic amines) is 1. The van der Waals surface area contributed by atoms with E-state index in [1.807, 2.05) is 0 Å². The number of nitrogens with two attached hydrogens (primary N) is 1. The highest BCUT2D eigenvalue weighted by atomic mass is 15.2. The maximum absolute atomic E-state index is 6.78. The molecule has 1 fully saturated rings. The van der Waals surface area contributed by atoms with Crippen LogP contribution < -0.4 is 5.73 Å². The summed E-state index contributed by atoms with van der Waals surface area (Å²) in [6, 6.07) is 19.2. The van der Waals surface area contributed by atoms with Gasteiger partial charge in [-0.2, -0.15) is 0 Å². The third kappa shape index (κ3) is 3.17. The molecule has 1 unspecified atom stereocenters. The number of benzene rings is 2. The highest BCUT2D eigenvalue weighted by Gasteiger charge is 2.34. The zero-order chi connectivity index (χ0) is 14.7. The van der Waals surface area contributed by atoms with Crippen molar-refractivity contribution in [3.8, 4) is 0 Å². The number of rotatable bonds is 3. The quantitative estimate of drug-likeness (QED) is 0.933. The summed E-state index contributed by atoms with van der Waals surface area (Å²) in [6.45, 7) is 5.23. The highest BCUT2D eigenvalue weighted by molar-refractivity contribution is 5.33. The van der Waals surface area contributed by atoms with Gasteiger partial charge >= 0.3 is 0 Å². The molecule has 1 aliphatic rings. The molecule has 0 amide bonds. The van der Waals surface area contributed by atoms with Crippen LogP contribution in [0, 0.1) is 6.92 Å². The van der Waals surface area contributed by atoms with Gasteiger partial charge in [-0.05, 0) is 43.0 Å². The largest absolute Gasteiger partial charge is 0.320 e. The summed E-state index contributed by atoms with van der Waals surface area (Å²) in [5.74, 6) is 0. The number of hydrogen-bond donors (Lipinski definition) is 1. The first-order valence-corrected chi connectivity index (χ1v) is 7.79. The standard InChI is InChI=1S/C19H24N2/c1-16-8-5-6-11-18(16)19(20)12-7-13-21(15-19)14-17-9-3-2-4-10-17/h2-6,8-11H,7,12-15,20H2,1H3. The van der Waals surface area contributed by atoms with Gasteiger partial charge in [-0.25, -0.2) is 0 Å². The van der Waals surface area contributed by atoms with Crippen LogP contribution >= 0.6 is 0 Å². The van der Waals surface area contributed by atoms with E-state index in [0.717, 1.165) is 32.5 Å². The number of aryl methyl sites for hydroxylation is 1. The molecule has 0 radical (unpaired) electrons. The van der Waals surface area contributed by atoms with Crippen molar-refractivity contribution in [2.75, 3.05) is 13.1 Å². The number of piperidine rings is 1. The van der Waals surface area contributed by atoms with E-state index < -0.39 is 0 Å². The Labute approximate surface area is 127 Å². The van der Waals surface area contributed by atoms with E-state index in [4.69, 9.17) is 5.73 Å². The van der Waals surface area contributed by atoms with Crippen LogP contribution in [0.3, 0.4) is 0 Å². The first kappa shape index (κ1) is 14.3. The van der Waals surface area contributed by atoms with Crippen LogP contribution in [0.15, 0.2) is 54.6 Å². The molecule has 1 aliphatic heterocycles. The summed E-state index contributed by atoms with van der Waals surface area (Å²) in [5, 5.41) is 0. The zero-order valence-corrected chi connectivity index (χ0v) is 12.8. The average molecular weight is 280 g/mol. The Morgan fingerprint density at radius 1 is 1.05 bits per heavy atom. The average Bonchev–Trinajstić information content (AvgIpc) is 2.49. The fourth-order valence-electron chi connectivity index (χ4n) is 3.50. The molecule has 2 N–H and O–H groups in total. The van der Waals surface area contributed by atoms with Gasteiger partial charge in [0.1, 0.15) is 0 Å². The Morgan fingerprint density at radius 3 is 2.52 bits per heavy atom. The van der Waals surface area contributed by atoms with Gasteiger partial charge in [-0.15, -0.1) is 0 Å². The van der Waals surface area contributed by atoms with Gasteiger partial charge in [0.2, 0.25) is 0 Å². The molecular weight excluding hydrogens is 256 g/mol. The molecule has 0 aliphatic carbocycles. The Kier molecular flexibility index (Phi) is 4.09. The van der Waals surface area contributed by atoms with E-state index >= 15 is 0 Å². The first-order chi connectivity index (χ1) is 10.2. The second-order valence-corrected chi connectivity index (χ2v) is 6.27. The Morgan fingerprint density at radius 2 is 1.76 bits per heavy atom. The lowest BCUT2D eigenvalue weighted by Crippen LogP contribution is -2.51. The van der Waals surface area contributed by atoms with E-state index in [1.165, 1.54) is 16.7 Å². The molecule has 2 aromatic rings. The van der Waals surface area contributed by atoms with E-state index in [9.17, 15) is 0 Å². The molecule has 0 bridgehead atoms. The van der Waals surface area contributed by atoms with E-state index in [0.29, 0.717) is 0 Å². The monoisotopic (exact) mass is 280 g/mol. The first-order valence-electron chi connectivity index (χ1n) is 7.79. The van der Waals surface area contributed by atoms with Crippen molar-refractivity contribution < 1.29 is 0 Å². The minimum atomic E-state index is -0.210. The summed E-state index contributed by atoms with van der Waals surface area (Å²) in [5.41, 5.74) is 10.6. The van der Waals surface area contributed by atoms with Crippen LogP contribution in [0.25, 0.3) is 0 Å². The topological polar surface area (TPSA) is 29.3 Å². The molecule has 0 spiro atoms. The molecule has 110 valence electrons. The SMILES string of the molecule is Cc1ccccc1C1(N)CCCN(Cc2ccccc2)C1. The van der Waals surface area contributed by atoms with Crippen molar-refractivity contribution in [3.05, 3.63) is 71.3 Å². The third-order valence-electron chi connectivity index (χ3n) is 4.53. The minimum absolute atomic E-state index is 0.210. The van der Waals surface area contributed by atoms with Gasteiger partial charge in [0.05, 0.1) is 5.54 Å². The van der Waals surface area contributed by atoms with Crippen LogP contribution in [0.5, 0.6) is 0 Å². The van der Waals surface area contributed by atoms with Gasteiger partial charge in [0.25, 0.3) is 0 Å². The van der Waals surface area contributed by atoms with E-state index in [2.05, 4.69) is 66.4 Å². The molecule has 2 heteroatoms. The van der Waals surface area contributed by atoms with Gasteiger partial charge in [0, 0.05) is 13.1 Å². The minimum Gasteiger partial charge on any atom is -0.320 e. The summed E-state index contributed by atoms with van der Waals surface area (Å²) in [7, 11) is 0. The second-order valence-electron chi connectivity index (χ2n) is 6.27. The van der Waals surface area contributed by atoms with Crippen molar-refractivity contribution >= 4 is 0 Å². The van der Waals surface area contributed by atoms with Crippen LogP contribution in [0.2, 0.25) is 0 Å². The lowest BCUT2D eigenvalue weighted by atomic mass is 9.81. The molecule has 3 rings (SSSR count). The lowest BCUT2D eigenvalue weighted by molar-refractivity contribution is 0.142. The predicted molar refractivity (Wildman–Crippen MR) is 88.0 cm³/mol. The van der Waals surface area contributed by atoms with Crippen LogP contribution in [0.1, 0.15) is 29.5 Å². The van der Waals surface area contributed by atoms with Gasteiger partial charge in [-0.3, -0.25) is 4.90 Å². The van der Waals surface area contributed by atoms with E-state index in [1.54, 1.807) is 0 Å². The lowest BCUT2D eigenvalue weighted by Gasteiger charge is -2.41. The molecule has 0 aromatic heterocycles. The molecule has 2 nitrogen and oxygen atoms in total. The molecule has 1 heterocycles. The Balaban J connectivity index is 1.78. The fourth-order valence-corrected chi connectivity index (χ4v) is 3.50.